The number of aliphatic hydroxyl groups excluding tert-OH is 4. The van der Waals surface area contributed by atoms with E-state index >= 15 is 0 Å². The molecule has 3 fully saturated rings. The van der Waals surface area contributed by atoms with Gasteiger partial charge in [-0.15, -0.1) is 0 Å². The number of hydrogen-bond donors (Lipinski definition) is 6. The molecule has 4 aliphatic rings. The summed E-state index contributed by atoms with van der Waals surface area (Å²) in [5, 5.41) is 72.7. The maximum absolute atomic E-state index is 12.1. The Morgan fingerprint density at radius 2 is 1.84 bits per heavy atom. The van der Waals surface area contributed by atoms with Crippen molar-refractivity contribution in [2.45, 2.75) is 79.8 Å². The van der Waals surface area contributed by atoms with Crippen LogP contribution in [-0.2, 0) is 16.0 Å². The van der Waals surface area contributed by atoms with Crippen molar-refractivity contribution in [3.8, 4) is 6.07 Å². The molecule has 0 bridgehead atoms. The van der Waals surface area contributed by atoms with E-state index in [0.717, 1.165) is 18.4 Å². The Balaban J connectivity index is 1.54. The van der Waals surface area contributed by atoms with Gasteiger partial charge >= 0.3 is 5.97 Å². The fraction of sp³-hybridized carbons (Fsp3) is 0.571. The first-order valence-corrected chi connectivity index (χ1v) is 13.1. The van der Waals surface area contributed by atoms with E-state index in [4.69, 9.17) is 4.74 Å². The summed E-state index contributed by atoms with van der Waals surface area (Å²) in [5.74, 6) is -3.57. The molecule has 0 spiro atoms. The molecule has 0 radical (unpaired) electrons. The number of carboxylic acid groups (broad SMARTS) is 1. The molecule has 38 heavy (non-hydrogen) atoms. The second-order valence-corrected chi connectivity index (χ2v) is 10.9. The monoisotopic (exact) mass is 526 g/mol. The topological polar surface area (TPSA) is 175 Å². The number of aliphatic carboxylic acids is 1. The molecule has 8 atom stereocenters. The van der Waals surface area contributed by atoms with Crippen LogP contribution in [0.15, 0.2) is 48.1 Å². The van der Waals surface area contributed by atoms with E-state index in [9.17, 15) is 40.7 Å². The third-order valence-electron chi connectivity index (χ3n) is 8.52. The van der Waals surface area contributed by atoms with E-state index in [2.05, 4.69) is 18.2 Å². The number of hydrogen-bond acceptors (Lipinski definition) is 9. The number of benzene rings is 1. The second kappa shape index (κ2) is 10.2. The molecule has 2 unspecified atom stereocenters. The van der Waals surface area contributed by atoms with Crippen molar-refractivity contribution in [3.05, 3.63) is 59.2 Å². The van der Waals surface area contributed by atoms with Gasteiger partial charge in [0.25, 0.3) is 0 Å². The first-order valence-electron chi connectivity index (χ1n) is 13.1. The zero-order valence-electron chi connectivity index (χ0n) is 20.9. The summed E-state index contributed by atoms with van der Waals surface area (Å²) in [5.41, 5.74) is 0.854. The van der Waals surface area contributed by atoms with Crippen LogP contribution in [0, 0.1) is 17.2 Å². The molecule has 1 aromatic carbocycles. The number of nitriles is 1. The molecule has 0 amide bonds. The summed E-state index contributed by atoms with van der Waals surface area (Å²) in [7, 11) is 0. The summed E-state index contributed by atoms with van der Waals surface area (Å²) >= 11 is 0. The van der Waals surface area contributed by atoms with Gasteiger partial charge in [0.05, 0.1) is 12.7 Å². The van der Waals surface area contributed by atoms with Crippen LogP contribution in [0.2, 0.25) is 0 Å². The largest absolute Gasteiger partial charge is 0.480 e. The van der Waals surface area contributed by atoms with Gasteiger partial charge in [-0.25, -0.2) is 0 Å². The van der Waals surface area contributed by atoms with Crippen LogP contribution in [0.5, 0.6) is 0 Å². The Bertz CT molecular complexity index is 1160. The van der Waals surface area contributed by atoms with Crippen LogP contribution in [-0.4, -0.2) is 96.4 Å². The highest BCUT2D eigenvalue weighted by Gasteiger charge is 2.56. The van der Waals surface area contributed by atoms with E-state index in [1.54, 1.807) is 11.0 Å². The number of likely N-dealkylation sites (tertiary alicyclic amines) is 1. The molecular formula is C28H34N2O8. The zero-order chi connectivity index (χ0) is 27.2. The van der Waals surface area contributed by atoms with Gasteiger partial charge < -0.3 is 35.4 Å². The molecule has 0 aromatic heterocycles. The maximum atomic E-state index is 12.1. The van der Waals surface area contributed by atoms with Crippen molar-refractivity contribution in [2.75, 3.05) is 13.2 Å². The summed E-state index contributed by atoms with van der Waals surface area (Å²) in [6.07, 6.45) is 1.46. The standard InChI is InChI=1S/C28H34N2O8/c29-15-27(30-11-1-2-21(30)26(35)36)10-9-19(28(37)25(34)24(33)23(32)22(14-31)38-28)13-20(27)12-16-3-5-17(6-4-16)18-7-8-18/h3-6,9-10,13,18,20-25,31-34,37H,1-2,7-8,11-12,14H2,(H,35,36)/t20?,21-,22+,23+,24-,25+,27?,28+/m0/s1. The van der Waals surface area contributed by atoms with Crippen LogP contribution in [0.3, 0.4) is 0 Å². The summed E-state index contributed by atoms with van der Waals surface area (Å²) in [6, 6.07) is 9.60. The molecule has 6 N–H and O–H groups in total. The lowest BCUT2D eigenvalue weighted by atomic mass is 9.72. The quantitative estimate of drug-likeness (QED) is 0.288. The predicted octanol–water partition coefficient (Wildman–Crippen LogP) is 0.193. The molecule has 5 rings (SSSR count). The van der Waals surface area contributed by atoms with Crippen molar-refractivity contribution < 1.29 is 40.2 Å². The molecule has 204 valence electrons. The third kappa shape index (κ3) is 4.48. The molecular weight excluding hydrogens is 492 g/mol. The average molecular weight is 527 g/mol. The van der Waals surface area contributed by atoms with Crippen molar-refractivity contribution in [3.63, 3.8) is 0 Å². The molecule has 10 heteroatoms. The number of rotatable bonds is 7. The van der Waals surface area contributed by atoms with Crippen molar-refractivity contribution in [1.82, 2.24) is 4.90 Å². The van der Waals surface area contributed by atoms with Crippen LogP contribution in [0.25, 0.3) is 0 Å². The lowest BCUT2D eigenvalue weighted by molar-refractivity contribution is -0.330. The Morgan fingerprint density at radius 3 is 2.45 bits per heavy atom. The summed E-state index contributed by atoms with van der Waals surface area (Å²) in [4.78, 5) is 13.7. The van der Waals surface area contributed by atoms with Gasteiger partial charge in [-0.2, -0.15) is 5.26 Å². The fourth-order valence-corrected chi connectivity index (χ4v) is 6.14. The van der Waals surface area contributed by atoms with Gasteiger partial charge in [-0.1, -0.05) is 36.4 Å². The fourth-order valence-electron chi connectivity index (χ4n) is 6.14. The van der Waals surface area contributed by atoms with Crippen LogP contribution in [0.4, 0.5) is 0 Å². The number of aliphatic hydroxyl groups is 5. The second-order valence-electron chi connectivity index (χ2n) is 10.9. The molecule has 2 aliphatic heterocycles. The van der Waals surface area contributed by atoms with Crippen molar-refractivity contribution in [2.24, 2.45) is 5.92 Å². The SMILES string of the molecule is N#CC1(N2CCC[C@H]2C(=O)O)C=CC([C@@]2(O)O[C@H](CO)[C@@H](O)[C@H](O)[C@H]2O)=CC1Cc1ccc(C2CC2)cc1. The van der Waals surface area contributed by atoms with E-state index in [0.29, 0.717) is 31.7 Å². The Labute approximate surface area is 220 Å². The van der Waals surface area contributed by atoms with Gasteiger partial charge in [0.2, 0.25) is 5.79 Å². The minimum absolute atomic E-state index is 0.0472. The van der Waals surface area contributed by atoms with Gasteiger partial charge in [0, 0.05) is 18.0 Å². The van der Waals surface area contributed by atoms with E-state index in [1.165, 1.54) is 17.7 Å². The van der Waals surface area contributed by atoms with Gasteiger partial charge in [0.15, 0.2) is 0 Å². The minimum Gasteiger partial charge on any atom is -0.480 e. The third-order valence-corrected chi connectivity index (χ3v) is 8.52. The molecule has 1 aromatic rings. The molecule has 1 saturated carbocycles. The normalized spacial score (nSPS) is 39.5. The first kappa shape index (κ1) is 27.0. The number of carbonyl (C=O) groups is 1. The van der Waals surface area contributed by atoms with Crippen molar-refractivity contribution in [1.29, 1.82) is 5.26 Å². The molecule has 2 saturated heterocycles. The summed E-state index contributed by atoms with van der Waals surface area (Å²) < 4.78 is 5.53. The zero-order valence-corrected chi connectivity index (χ0v) is 20.9. The van der Waals surface area contributed by atoms with E-state index in [1.807, 2.05) is 12.1 Å². The number of carboxylic acids is 1. The van der Waals surface area contributed by atoms with E-state index in [-0.39, 0.29) is 5.57 Å². The molecule has 2 aliphatic carbocycles. The van der Waals surface area contributed by atoms with E-state index < -0.39 is 60.3 Å². The smallest absolute Gasteiger partial charge is 0.320 e. The highest BCUT2D eigenvalue weighted by molar-refractivity contribution is 5.74. The summed E-state index contributed by atoms with van der Waals surface area (Å²) in [6.45, 7) is -0.312. The Kier molecular flexibility index (Phi) is 7.22. The molecule has 10 nitrogen and oxygen atoms in total. The van der Waals surface area contributed by atoms with Crippen LogP contribution < -0.4 is 0 Å². The van der Waals surface area contributed by atoms with Crippen LogP contribution in [0.1, 0.15) is 42.7 Å². The Morgan fingerprint density at radius 1 is 1.13 bits per heavy atom. The number of nitrogens with zero attached hydrogens (tertiary/aromatic N) is 2. The van der Waals surface area contributed by atoms with Gasteiger partial charge in [-0.05, 0) is 55.2 Å². The molecule has 2 heterocycles. The minimum atomic E-state index is -2.48. The average Bonchev–Trinajstić information content (AvgIpc) is 3.65. The van der Waals surface area contributed by atoms with Gasteiger partial charge in [-0.3, -0.25) is 9.69 Å². The first-order chi connectivity index (χ1) is 18.1. The van der Waals surface area contributed by atoms with Crippen molar-refractivity contribution >= 4 is 5.97 Å². The highest BCUT2D eigenvalue weighted by atomic mass is 16.7. The highest BCUT2D eigenvalue weighted by Crippen LogP contribution is 2.44. The lowest BCUT2D eigenvalue weighted by Crippen LogP contribution is -2.66. The Hall–Kier alpha value is -2.62. The van der Waals surface area contributed by atoms with Gasteiger partial charge in [0.1, 0.15) is 36.0 Å². The lowest BCUT2D eigenvalue weighted by Gasteiger charge is -2.48. The maximum Gasteiger partial charge on any atom is 0.320 e. The van der Waals surface area contributed by atoms with Crippen LogP contribution >= 0.6 is 0 Å². The number of ether oxygens (including phenoxy) is 1. The predicted molar refractivity (Wildman–Crippen MR) is 133 cm³/mol.